The molecule has 7 heteroatoms. The zero-order valence-electron chi connectivity index (χ0n) is 17.4. The van der Waals surface area contributed by atoms with Crippen molar-refractivity contribution in [2.75, 3.05) is 13.2 Å². The second kappa shape index (κ2) is 9.70. The first-order chi connectivity index (χ1) is 15.6. The van der Waals surface area contributed by atoms with Crippen LogP contribution in [0.5, 0.6) is 11.5 Å². The predicted molar refractivity (Wildman–Crippen MR) is 130 cm³/mol. The third kappa shape index (κ3) is 4.53. The predicted octanol–water partition coefficient (Wildman–Crippen LogP) is 6.08. The third-order valence-electron chi connectivity index (χ3n) is 4.71. The quantitative estimate of drug-likeness (QED) is 0.184. The summed E-state index contributed by atoms with van der Waals surface area (Å²) in [5.74, 6) is 0.914. The van der Waals surface area contributed by atoms with Crippen molar-refractivity contribution in [1.29, 1.82) is 0 Å². The van der Waals surface area contributed by atoms with Gasteiger partial charge in [0.2, 0.25) is 0 Å². The van der Waals surface area contributed by atoms with E-state index in [9.17, 15) is 4.79 Å². The first-order valence-electron chi connectivity index (χ1n) is 10.1. The number of hydrogen-bond donors (Lipinski definition) is 1. The smallest absolute Gasteiger partial charge is 0.307 e. The maximum Gasteiger partial charge on any atom is 0.307 e. The Kier molecular flexibility index (Phi) is 6.56. The summed E-state index contributed by atoms with van der Waals surface area (Å²) in [6.07, 6.45) is 3.19. The lowest BCUT2D eigenvalue weighted by molar-refractivity contribution is 0.0929. The van der Waals surface area contributed by atoms with E-state index in [0.717, 1.165) is 21.7 Å². The number of nitrogens with one attached hydrogen (secondary N) is 1. The number of ether oxygens (including phenoxy) is 2. The average molecular weight is 493 g/mol. The molecule has 1 aromatic heterocycles. The lowest BCUT2D eigenvalue weighted by Gasteiger charge is -2.13. The van der Waals surface area contributed by atoms with Crippen LogP contribution in [0.3, 0.4) is 0 Å². The Hall–Kier alpha value is -3.58. The van der Waals surface area contributed by atoms with Crippen LogP contribution in [-0.2, 0) is 0 Å². The van der Waals surface area contributed by atoms with Crippen LogP contribution >= 0.6 is 15.9 Å². The fraction of sp³-hybridized carbons (Fsp3) is 0.120. The zero-order valence-corrected chi connectivity index (χ0v) is 19.0. The van der Waals surface area contributed by atoms with Gasteiger partial charge in [-0.05, 0) is 63.5 Å². The number of fused-ring (bicyclic) bond motifs is 3. The average Bonchev–Trinajstić information content (AvgIpc) is 3.24. The van der Waals surface area contributed by atoms with Crippen LogP contribution in [0.1, 0.15) is 23.0 Å². The van der Waals surface area contributed by atoms with E-state index < -0.39 is 5.91 Å². The first-order valence-corrected chi connectivity index (χ1v) is 10.8. The van der Waals surface area contributed by atoms with Crippen molar-refractivity contribution in [2.24, 2.45) is 5.10 Å². The molecule has 32 heavy (non-hydrogen) atoms. The van der Waals surface area contributed by atoms with Gasteiger partial charge >= 0.3 is 5.91 Å². The molecule has 6 nitrogen and oxygen atoms in total. The zero-order chi connectivity index (χ0) is 22.5. The molecule has 0 radical (unpaired) electrons. The van der Waals surface area contributed by atoms with Crippen LogP contribution in [-0.4, -0.2) is 25.3 Å². The van der Waals surface area contributed by atoms with Crippen LogP contribution in [0, 0.1) is 0 Å². The molecular formula is C25H21BrN2O4. The van der Waals surface area contributed by atoms with E-state index in [4.69, 9.17) is 13.9 Å². The van der Waals surface area contributed by atoms with Gasteiger partial charge in [-0.2, -0.15) is 5.10 Å². The number of hydrazone groups is 1. The Morgan fingerprint density at radius 3 is 2.81 bits per heavy atom. The number of carbonyl (C=O) groups excluding carboxylic acids is 1. The number of rotatable bonds is 8. The van der Waals surface area contributed by atoms with Gasteiger partial charge in [0, 0.05) is 5.39 Å². The topological polar surface area (TPSA) is 73.1 Å². The molecule has 0 atom stereocenters. The van der Waals surface area contributed by atoms with Crippen LogP contribution in [0.2, 0.25) is 0 Å². The van der Waals surface area contributed by atoms with Crippen molar-refractivity contribution in [3.63, 3.8) is 0 Å². The van der Waals surface area contributed by atoms with Crippen molar-refractivity contribution in [2.45, 2.75) is 6.92 Å². The summed E-state index contributed by atoms with van der Waals surface area (Å²) in [4.78, 5) is 12.6. The molecule has 1 N–H and O–H groups in total. The Bertz CT molecular complexity index is 1330. The summed E-state index contributed by atoms with van der Waals surface area (Å²) in [7, 11) is 0. The molecule has 0 aliphatic carbocycles. The van der Waals surface area contributed by atoms with Crippen LogP contribution < -0.4 is 14.9 Å². The highest BCUT2D eigenvalue weighted by atomic mass is 79.9. The molecule has 0 aliphatic heterocycles. The Balaban J connectivity index is 1.53. The van der Waals surface area contributed by atoms with Crippen molar-refractivity contribution in [1.82, 2.24) is 5.43 Å². The largest absolute Gasteiger partial charge is 0.490 e. The number of halogens is 1. The number of hydrogen-bond acceptors (Lipinski definition) is 5. The fourth-order valence-corrected chi connectivity index (χ4v) is 3.91. The molecule has 0 bridgehead atoms. The summed E-state index contributed by atoms with van der Waals surface area (Å²) in [5.41, 5.74) is 3.89. The third-order valence-corrected chi connectivity index (χ3v) is 5.30. The van der Waals surface area contributed by atoms with Gasteiger partial charge in [0.05, 0.1) is 17.3 Å². The molecule has 162 valence electrons. The summed E-state index contributed by atoms with van der Waals surface area (Å²) >= 11 is 3.49. The first kappa shape index (κ1) is 21.6. The molecule has 0 fully saturated rings. The molecule has 4 aromatic rings. The second-order valence-electron chi connectivity index (χ2n) is 6.87. The molecule has 1 heterocycles. The fourth-order valence-electron chi connectivity index (χ4n) is 3.33. The summed E-state index contributed by atoms with van der Waals surface area (Å²) in [5, 5.41) is 7.07. The molecule has 3 aromatic carbocycles. The van der Waals surface area contributed by atoms with Gasteiger partial charge in [-0.15, -0.1) is 0 Å². The Morgan fingerprint density at radius 1 is 1.16 bits per heavy atom. The number of carbonyl (C=O) groups is 1. The molecule has 4 rings (SSSR count). The van der Waals surface area contributed by atoms with Gasteiger partial charge in [-0.25, -0.2) is 5.43 Å². The van der Waals surface area contributed by atoms with Gasteiger partial charge in [0.25, 0.3) is 0 Å². The van der Waals surface area contributed by atoms with Crippen LogP contribution in [0.25, 0.3) is 21.7 Å². The van der Waals surface area contributed by atoms with E-state index in [2.05, 4.69) is 33.0 Å². The Labute approximate surface area is 193 Å². The van der Waals surface area contributed by atoms with Gasteiger partial charge in [0.1, 0.15) is 12.2 Å². The van der Waals surface area contributed by atoms with E-state index in [1.807, 2.05) is 49.4 Å². The molecule has 0 saturated heterocycles. The minimum atomic E-state index is -0.434. The van der Waals surface area contributed by atoms with Gasteiger partial charge in [-0.1, -0.05) is 43.0 Å². The van der Waals surface area contributed by atoms with Gasteiger partial charge in [-0.3, -0.25) is 4.79 Å². The molecule has 0 aliphatic rings. The number of benzene rings is 3. The lowest BCUT2D eigenvalue weighted by Crippen LogP contribution is -2.16. The van der Waals surface area contributed by atoms with Crippen molar-refractivity contribution in [3.8, 4) is 11.5 Å². The highest BCUT2D eigenvalue weighted by Gasteiger charge is 2.14. The number of furan rings is 1. The van der Waals surface area contributed by atoms with Crippen molar-refractivity contribution >= 4 is 49.8 Å². The Morgan fingerprint density at radius 2 is 2.00 bits per heavy atom. The monoisotopic (exact) mass is 492 g/mol. The van der Waals surface area contributed by atoms with E-state index in [1.54, 1.807) is 18.2 Å². The van der Waals surface area contributed by atoms with E-state index in [0.29, 0.717) is 34.8 Å². The SMILES string of the molecule is C=CCOc1c(Br)cc(/C=N/NC(=O)c2cc3c(ccc4ccccc43)o2)cc1OCC. The van der Waals surface area contributed by atoms with E-state index in [-0.39, 0.29) is 5.76 Å². The summed E-state index contributed by atoms with van der Waals surface area (Å²) < 4.78 is 17.8. The second-order valence-corrected chi connectivity index (χ2v) is 7.73. The van der Waals surface area contributed by atoms with Gasteiger partial charge < -0.3 is 13.9 Å². The van der Waals surface area contributed by atoms with E-state index >= 15 is 0 Å². The van der Waals surface area contributed by atoms with E-state index in [1.165, 1.54) is 6.21 Å². The molecular weight excluding hydrogens is 472 g/mol. The molecule has 0 saturated carbocycles. The molecule has 1 amide bonds. The molecule has 0 spiro atoms. The minimum Gasteiger partial charge on any atom is -0.490 e. The number of nitrogens with zero attached hydrogens (tertiary/aromatic N) is 1. The maximum atomic E-state index is 12.6. The van der Waals surface area contributed by atoms with Crippen molar-refractivity contribution < 1.29 is 18.7 Å². The van der Waals surface area contributed by atoms with Gasteiger partial charge in [0.15, 0.2) is 17.3 Å². The minimum absolute atomic E-state index is 0.192. The van der Waals surface area contributed by atoms with Crippen LogP contribution in [0.4, 0.5) is 0 Å². The maximum absolute atomic E-state index is 12.6. The highest BCUT2D eigenvalue weighted by Crippen LogP contribution is 2.36. The summed E-state index contributed by atoms with van der Waals surface area (Å²) in [6, 6.07) is 17.1. The normalized spacial score (nSPS) is 11.2. The lowest BCUT2D eigenvalue weighted by atomic mass is 10.1. The number of amides is 1. The molecule has 0 unspecified atom stereocenters. The standard InChI is InChI=1S/C25H21BrN2O4/c1-3-11-31-24-20(26)12-16(13-22(24)30-4-2)15-27-28-25(29)23-14-19-18-8-6-5-7-17(18)9-10-21(19)32-23/h3,5-10,12-15H,1,4,11H2,2H3,(H,28,29)/b27-15+. The highest BCUT2D eigenvalue weighted by molar-refractivity contribution is 9.10. The summed E-state index contributed by atoms with van der Waals surface area (Å²) in [6.45, 7) is 6.39. The van der Waals surface area contributed by atoms with Crippen molar-refractivity contribution in [3.05, 3.63) is 83.0 Å². The van der Waals surface area contributed by atoms with Crippen LogP contribution in [0.15, 0.2) is 81.2 Å².